The predicted molar refractivity (Wildman–Crippen MR) is 82.7 cm³/mol. The summed E-state index contributed by atoms with van der Waals surface area (Å²) < 4.78 is 3.01. The Labute approximate surface area is 124 Å². The van der Waals surface area contributed by atoms with Crippen LogP contribution in [0.5, 0.6) is 0 Å². The van der Waals surface area contributed by atoms with Crippen molar-refractivity contribution < 1.29 is 4.79 Å². The molecule has 20 heavy (non-hydrogen) atoms. The highest BCUT2D eigenvalue weighted by atomic mass is 32.1. The minimum atomic E-state index is -0.143. The van der Waals surface area contributed by atoms with Crippen molar-refractivity contribution in [2.75, 3.05) is 5.32 Å². The normalized spacial score (nSPS) is 11.1. The largest absolute Gasteiger partial charge is 0.339 e. The molecule has 1 amide bonds. The van der Waals surface area contributed by atoms with E-state index in [4.69, 9.17) is 0 Å². The Balaban J connectivity index is 1.81. The molecular formula is C13H14N4OS2. The molecule has 3 rings (SSSR count). The molecule has 0 aromatic carbocycles. The third-order valence-corrected chi connectivity index (χ3v) is 4.80. The summed E-state index contributed by atoms with van der Waals surface area (Å²) in [7, 11) is 1.90. The summed E-state index contributed by atoms with van der Waals surface area (Å²) in [6.07, 6.45) is 1.92. The molecule has 0 radical (unpaired) electrons. The van der Waals surface area contributed by atoms with E-state index in [1.165, 1.54) is 11.3 Å². The molecule has 3 heterocycles. The number of nitrogens with zero attached hydrogens (tertiary/aromatic N) is 3. The summed E-state index contributed by atoms with van der Waals surface area (Å²) >= 11 is 3.06. The minimum Gasteiger partial charge on any atom is -0.339 e. The predicted octanol–water partition coefficient (Wildman–Crippen LogP) is 3.30. The number of fused-ring (bicyclic) bond motifs is 1. The molecule has 3 aromatic heterocycles. The summed E-state index contributed by atoms with van der Waals surface area (Å²) in [6.45, 7) is 2.09. The molecule has 0 bridgehead atoms. The fourth-order valence-corrected chi connectivity index (χ4v) is 3.73. The quantitative estimate of drug-likeness (QED) is 0.804. The van der Waals surface area contributed by atoms with Gasteiger partial charge in [-0.15, -0.1) is 21.5 Å². The minimum absolute atomic E-state index is 0.143. The molecule has 7 heteroatoms. The van der Waals surface area contributed by atoms with Gasteiger partial charge in [0.25, 0.3) is 5.91 Å². The van der Waals surface area contributed by atoms with Gasteiger partial charge in [0.15, 0.2) is 0 Å². The van der Waals surface area contributed by atoms with E-state index in [0.717, 1.165) is 28.1 Å². The second-order valence-corrected chi connectivity index (χ2v) is 6.47. The van der Waals surface area contributed by atoms with Crippen LogP contribution in [-0.4, -0.2) is 20.7 Å². The first-order valence-electron chi connectivity index (χ1n) is 6.35. The van der Waals surface area contributed by atoms with Crippen LogP contribution in [0.3, 0.4) is 0 Å². The fourth-order valence-electron chi connectivity index (χ4n) is 2.05. The van der Waals surface area contributed by atoms with Crippen molar-refractivity contribution in [3.63, 3.8) is 0 Å². The van der Waals surface area contributed by atoms with Crippen LogP contribution in [0, 0.1) is 0 Å². The van der Waals surface area contributed by atoms with Crippen molar-refractivity contribution in [3.8, 4) is 0 Å². The first-order valence-corrected chi connectivity index (χ1v) is 8.05. The van der Waals surface area contributed by atoms with E-state index < -0.39 is 0 Å². The standard InChI is InChI=1S/C13H14N4OS2/c1-3-4-11-15-16-13(20-11)14-12(18)9-7-10-8(17(9)2)5-6-19-10/h5-7H,3-4H2,1-2H3,(H,14,16,18). The molecule has 104 valence electrons. The number of amides is 1. The van der Waals surface area contributed by atoms with Gasteiger partial charge in [-0.2, -0.15) is 0 Å². The number of carbonyl (C=O) groups is 1. The third kappa shape index (κ3) is 2.34. The van der Waals surface area contributed by atoms with E-state index in [1.54, 1.807) is 11.3 Å². The molecule has 0 aliphatic carbocycles. The van der Waals surface area contributed by atoms with Gasteiger partial charge in [-0.1, -0.05) is 18.3 Å². The Kier molecular flexibility index (Phi) is 3.54. The number of nitrogens with one attached hydrogen (secondary N) is 1. The number of aromatic nitrogens is 3. The number of hydrogen-bond donors (Lipinski definition) is 1. The molecule has 0 spiro atoms. The second kappa shape index (κ2) is 5.34. The van der Waals surface area contributed by atoms with E-state index in [2.05, 4.69) is 22.4 Å². The average Bonchev–Trinajstić information content (AvgIpc) is 3.09. The number of rotatable bonds is 4. The Morgan fingerprint density at radius 2 is 2.30 bits per heavy atom. The molecular weight excluding hydrogens is 292 g/mol. The highest BCUT2D eigenvalue weighted by Gasteiger charge is 2.15. The first-order chi connectivity index (χ1) is 9.69. The zero-order valence-corrected chi connectivity index (χ0v) is 12.8. The highest BCUT2D eigenvalue weighted by Crippen LogP contribution is 2.25. The van der Waals surface area contributed by atoms with Gasteiger partial charge in [0.2, 0.25) is 5.13 Å². The van der Waals surface area contributed by atoms with Crippen molar-refractivity contribution in [1.82, 2.24) is 14.8 Å². The molecule has 0 fully saturated rings. The van der Waals surface area contributed by atoms with Crippen molar-refractivity contribution in [2.45, 2.75) is 19.8 Å². The second-order valence-electron chi connectivity index (χ2n) is 4.46. The maximum atomic E-state index is 12.3. The lowest BCUT2D eigenvalue weighted by Crippen LogP contribution is -2.15. The van der Waals surface area contributed by atoms with E-state index >= 15 is 0 Å². The number of hydrogen-bond acceptors (Lipinski definition) is 5. The van der Waals surface area contributed by atoms with E-state index in [1.807, 2.05) is 29.1 Å². The molecule has 0 aliphatic rings. The van der Waals surface area contributed by atoms with Crippen LogP contribution in [0.2, 0.25) is 0 Å². The van der Waals surface area contributed by atoms with Gasteiger partial charge in [0.1, 0.15) is 10.7 Å². The molecule has 0 saturated heterocycles. The van der Waals surface area contributed by atoms with Crippen molar-refractivity contribution in [3.05, 3.63) is 28.2 Å². The number of carbonyl (C=O) groups excluding carboxylic acids is 1. The molecule has 3 aromatic rings. The smallest absolute Gasteiger partial charge is 0.274 e. The zero-order valence-electron chi connectivity index (χ0n) is 11.2. The van der Waals surface area contributed by atoms with Gasteiger partial charge >= 0.3 is 0 Å². The van der Waals surface area contributed by atoms with Crippen LogP contribution in [0.25, 0.3) is 10.2 Å². The molecule has 5 nitrogen and oxygen atoms in total. The van der Waals surface area contributed by atoms with Gasteiger partial charge in [-0.25, -0.2) is 0 Å². The number of aryl methyl sites for hydroxylation is 2. The van der Waals surface area contributed by atoms with Crippen molar-refractivity contribution in [1.29, 1.82) is 0 Å². The topological polar surface area (TPSA) is 59.8 Å². The van der Waals surface area contributed by atoms with Crippen molar-refractivity contribution in [2.24, 2.45) is 7.05 Å². The fraction of sp³-hybridized carbons (Fsp3) is 0.308. The SMILES string of the molecule is CCCc1nnc(NC(=O)c2cc3sccc3n2C)s1. The van der Waals surface area contributed by atoms with Gasteiger partial charge in [0.05, 0.1) is 10.2 Å². The lowest BCUT2D eigenvalue weighted by atomic mass is 10.4. The molecule has 0 aliphatic heterocycles. The Morgan fingerprint density at radius 1 is 1.45 bits per heavy atom. The summed E-state index contributed by atoms with van der Waals surface area (Å²) in [5.41, 5.74) is 1.71. The number of thiophene rings is 1. The lowest BCUT2D eigenvalue weighted by molar-refractivity contribution is 0.101. The van der Waals surface area contributed by atoms with Crippen LogP contribution in [0.1, 0.15) is 28.8 Å². The highest BCUT2D eigenvalue weighted by molar-refractivity contribution is 7.17. The zero-order chi connectivity index (χ0) is 14.1. The van der Waals surface area contributed by atoms with Crippen molar-refractivity contribution >= 4 is 43.9 Å². The molecule has 1 N–H and O–H groups in total. The van der Waals surface area contributed by atoms with Gasteiger partial charge in [0, 0.05) is 13.5 Å². The van der Waals surface area contributed by atoms with E-state index in [0.29, 0.717) is 10.8 Å². The Morgan fingerprint density at radius 3 is 3.05 bits per heavy atom. The molecule has 0 atom stereocenters. The summed E-state index contributed by atoms with van der Waals surface area (Å²) in [6, 6.07) is 3.92. The Hall–Kier alpha value is -1.73. The summed E-state index contributed by atoms with van der Waals surface area (Å²) in [4.78, 5) is 12.3. The van der Waals surface area contributed by atoms with Crippen LogP contribution in [0.4, 0.5) is 5.13 Å². The maximum Gasteiger partial charge on any atom is 0.274 e. The third-order valence-electron chi connectivity index (χ3n) is 3.05. The average molecular weight is 306 g/mol. The monoisotopic (exact) mass is 306 g/mol. The maximum absolute atomic E-state index is 12.3. The van der Waals surface area contributed by atoms with Crippen LogP contribution < -0.4 is 5.32 Å². The van der Waals surface area contributed by atoms with Gasteiger partial charge < -0.3 is 4.57 Å². The van der Waals surface area contributed by atoms with Gasteiger partial charge in [-0.3, -0.25) is 10.1 Å². The summed E-state index contributed by atoms with van der Waals surface area (Å²) in [5.74, 6) is -0.143. The van der Waals surface area contributed by atoms with Crippen LogP contribution in [0.15, 0.2) is 17.5 Å². The lowest BCUT2D eigenvalue weighted by Gasteiger charge is -2.02. The Bertz CT molecular complexity index is 755. The number of anilines is 1. The van der Waals surface area contributed by atoms with Crippen LogP contribution in [-0.2, 0) is 13.5 Å². The molecule has 0 unspecified atom stereocenters. The van der Waals surface area contributed by atoms with Gasteiger partial charge in [-0.05, 0) is 23.9 Å². The molecule has 0 saturated carbocycles. The van der Waals surface area contributed by atoms with Crippen LogP contribution >= 0.6 is 22.7 Å². The summed E-state index contributed by atoms with van der Waals surface area (Å²) in [5, 5.41) is 14.4. The first kappa shape index (κ1) is 13.3. The van der Waals surface area contributed by atoms with E-state index in [9.17, 15) is 4.79 Å². The van der Waals surface area contributed by atoms with E-state index in [-0.39, 0.29) is 5.91 Å².